The van der Waals surface area contributed by atoms with Crippen molar-refractivity contribution in [3.63, 3.8) is 0 Å². The molecule has 11 nitrogen and oxygen atoms in total. The van der Waals surface area contributed by atoms with Crippen molar-refractivity contribution in [3.8, 4) is 28.8 Å². The number of rotatable bonds is 9. The highest BCUT2D eigenvalue weighted by atomic mass is 32.2. The number of sulfonamides is 1. The fourth-order valence-electron chi connectivity index (χ4n) is 3.37. The second-order valence-corrected chi connectivity index (χ2v) is 9.65. The van der Waals surface area contributed by atoms with Crippen LogP contribution in [0.2, 0.25) is 0 Å². The summed E-state index contributed by atoms with van der Waals surface area (Å²) in [5.41, 5.74) is 0.510. The van der Waals surface area contributed by atoms with E-state index in [4.69, 9.17) is 13.9 Å². The van der Waals surface area contributed by atoms with Crippen molar-refractivity contribution in [1.29, 1.82) is 0 Å². The van der Waals surface area contributed by atoms with E-state index in [1.165, 1.54) is 38.9 Å². The highest BCUT2D eigenvalue weighted by molar-refractivity contribution is 7.93. The van der Waals surface area contributed by atoms with Gasteiger partial charge in [-0.3, -0.25) is 9.29 Å². The first-order chi connectivity index (χ1) is 16.7. The minimum Gasteiger partial charge on any atom is -0.494 e. The maximum absolute atomic E-state index is 13.5. The Kier molecular flexibility index (Phi) is 6.69. The molecule has 0 radical (unpaired) electrons. The van der Waals surface area contributed by atoms with Gasteiger partial charge >= 0.3 is 0 Å². The number of anilines is 1. The van der Waals surface area contributed by atoms with Crippen LogP contribution in [-0.4, -0.2) is 52.6 Å². The third-order valence-corrected chi connectivity index (χ3v) is 6.93. The van der Waals surface area contributed by atoms with E-state index < -0.39 is 21.1 Å². The quantitative estimate of drug-likeness (QED) is 0.366. The lowest BCUT2D eigenvalue weighted by Gasteiger charge is -2.18. The van der Waals surface area contributed by atoms with Crippen molar-refractivity contribution < 1.29 is 26.7 Å². The molecule has 3 aromatic heterocycles. The van der Waals surface area contributed by atoms with E-state index in [0.717, 1.165) is 6.20 Å². The summed E-state index contributed by atoms with van der Waals surface area (Å²) in [5, 5.41) is 7.24. The summed E-state index contributed by atoms with van der Waals surface area (Å²) in [5.74, 6) is 0.876. The SMILES string of the molecule is COc1cccc(OC)c1-n1c(NS(=O)(=O)[C@@H](C)Cc2ncc(F)c(C)n2)nnc1-c1ccco1. The van der Waals surface area contributed by atoms with Crippen molar-refractivity contribution in [2.24, 2.45) is 0 Å². The van der Waals surface area contributed by atoms with Crippen LogP contribution in [-0.2, 0) is 16.4 Å². The molecule has 0 fully saturated rings. The molecule has 0 aliphatic heterocycles. The van der Waals surface area contributed by atoms with Gasteiger partial charge in [0.25, 0.3) is 0 Å². The number of nitrogens with one attached hydrogen (secondary N) is 1. The van der Waals surface area contributed by atoms with Crippen LogP contribution in [0.25, 0.3) is 17.3 Å². The zero-order valence-electron chi connectivity index (χ0n) is 19.4. The van der Waals surface area contributed by atoms with Crippen LogP contribution in [0.15, 0.2) is 47.2 Å². The topological polar surface area (TPSA) is 134 Å². The van der Waals surface area contributed by atoms with Crippen LogP contribution in [0.4, 0.5) is 10.3 Å². The molecule has 184 valence electrons. The lowest BCUT2D eigenvalue weighted by atomic mass is 10.2. The second kappa shape index (κ2) is 9.70. The zero-order chi connectivity index (χ0) is 25.2. The molecule has 4 aromatic rings. The third kappa shape index (κ3) is 4.80. The first-order valence-electron chi connectivity index (χ1n) is 10.5. The molecule has 13 heteroatoms. The molecule has 0 aliphatic carbocycles. The number of ether oxygens (including phenoxy) is 2. The van der Waals surface area contributed by atoms with E-state index >= 15 is 0 Å². The van der Waals surface area contributed by atoms with Crippen molar-refractivity contribution in [2.75, 3.05) is 18.9 Å². The van der Waals surface area contributed by atoms with Crippen molar-refractivity contribution in [2.45, 2.75) is 25.5 Å². The maximum Gasteiger partial charge on any atom is 0.243 e. The van der Waals surface area contributed by atoms with Crippen LogP contribution in [0.1, 0.15) is 18.4 Å². The molecule has 1 atom stereocenters. The van der Waals surface area contributed by atoms with Crippen molar-refractivity contribution in [1.82, 2.24) is 24.7 Å². The van der Waals surface area contributed by atoms with Crippen molar-refractivity contribution >= 4 is 16.0 Å². The Bertz CT molecular complexity index is 1420. The summed E-state index contributed by atoms with van der Waals surface area (Å²) in [7, 11) is -1.06. The number of furan rings is 1. The lowest BCUT2D eigenvalue weighted by molar-refractivity contribution is 0.391. The number of hydrogen-bond acceptors (Lipinski definition) is 9. The molecule has 0 saturated heterocycles. The highest BCUT2D eigenvalue weighted by Gasteiger charge is 2.29. The van der Waals surface area contributed by atoms with E-state index in [0.29, 0.717) is 22.9 Å². The number of nitrogens with zero attached hydrogens (tertiary/aromatic N) is 5. The fraction of sp³-hybridized carbons (Fsp3) is 0.273. The van der Waals surface area contributed by atoms with Crippen LogP contribution in [0.5, 0.6) is 11.5 Å². The number of hydrogen-bond donors (Lipinski definition) is 1. The minimum absolute atomic E-state index is 0.0480. The van der Waals surface area contributed by atoms with Gasteiger partial charge in [-0.1, -0.05) is 6.07 Å². The summed E-state index contributed by atoms with van der Waals surface area (Å²) >= 11 is 0. The molecule has 35 heavy (non-hydrogen) atoms. The average Bonchev–Trinajstić information content (AvgIpc) is 3.50. The van der Waals surface area contributed by atoms with Gasteiger partial charge in [-0.25, -0.2) is 22.8 Å². The fourth-order valence-corrected chi connectivity index (χ4v) is 4.33. The van der Waals surface area contributed by atoms with Gasteiger partial charge in [0.05, 0.1) is 37.6 Å². The third-order valence-electron chi connectivity index (χ3n) is 5.23. The molecule has 0 saturated carbocycles. The summed E-state index contributed by atoms with van der Waals surface area (Å²) in [4.78, 5) is 7.92. The monoisotopic (exact) mass is 502 g/mol. The zero-order valence-corrected chi connectivity index (χ0v) is 20.2. The van der Waals surface area contributed by atoms with E-state index in [2.05, 4.69) is 24.9 Å². The summed E-state index contributed by atoms with van der Waals surface area (Å²) < 4.78 is 60.4. The van der Waals surface area contributed by atoms with Gasteiger partial charge in [0.2, 0.25) is 21.8 Å². The molecule has 4 rings (SSSR count). The van der Waals surface area contributed by atoms with E-state index in [-0.39, 0.29) is 29.7 Å². The minimum atomic E-state index is -4.02. The van der Waals surface area contributed by atoms with E-state index in [9.17, 15) is 12.8 Å². The number of para-hydroxylation sites is 1. The summed E-state index contributed by atoms with van der Waals surface area (Å²) in [6, 6.07) is 8.45. The first-order valence-corrected chi connectivity index (χ1v) is 12.0. The van der Waals surface area contributed by atoms with Gasteiger partial charge in [-0.2, -0.15) is 0 Å². The van der Waals surface area contributed by atoms with Crippen LogP contribution in [0.3, 0.4) is 0 Å². The molecule has 0 amide bonds. The molecule has 3 heterocycles. The van der Waals surface area contributed by atoms with Gasteiger partial charge in [0.1, 0.15) is 23.0 Å². The van der Waals surface area contributed by atoms with Gasteiger partial charge in [-0.15, -0.1) is 10.2 Å². The Hall–Kier alpha value is -4.00. The standard InChI is InChI=1S/C22H23FN6O5S/c1-13(11-19-24-12-15(23)14(2)25-19)35(30,31)28-22-27-26-21(18-9-6-10-34-18)29(22)20-16(32-3)7-5-8-17(20)33-4/h5-10,12-13H,11H2,1-4H3,(H,27,28)/t13-/m0/s1. The van der Waals surface area contributed by atoms with E-state index in [1.807, 2.05) is 0 Å². The smallest absolute Gasteiger partial charge is 0.243 e. The van der Waals surface area contributed by atoms with Crippen molar-refractivity contribution in [3.05, 3.63) is 60.1 Å². The maximum atomic E-state index is 13.5. The number of halogens is 1. The highest BCUT2D eigenvalue weighted by Crippen LogP contribution is 2.37. The molecule has 0 unspecified atom stereocenters. The predicted octanol–water partition coefficient (Wildman–Crippen LogP) is 3.15. The normalized spacial score (nSPS) is 12.4. The molecular weight excluding hydrogens is 479 g/mol. The Balaban J connectivity index is 1.76. The summed E-state index contributed by atoms with van der Waals surface area (Å²) in [6.07, 6.45) is 2.43. The molecule has 1 N–H and O–H groups in total. The van der Waals surface area contributed by atoms with Gasteiger partial charge in [-0.05, 0) is 38.1 Å². The van der Waals surface area contributed by atoms with Gasteiger partial charge < -0.3 is 13.9 Å². The van der Waals surface area contributed by atoms with Gasteiger partial charge in [0.15, 0.2) is 11.6 Å². The number of benzene rings is 1. The number of aromatic nitrogens is 5. The lowest BCUT2D eigenvalue weighted by Crippen LogP contribution is -2.29. The summed E-state index contributed by atoms with van der Waals surface area (Å²) in [6.45, 7) is 2.97. The Morgan fingerprint density at radius 3 is 2.46 bits per heavy atom. The van der Waals surface area contributed by atoms with Gasteiger partial charge in [0, 0.05) is 6.42 Å². The Morgan fingerprint density at radius 1 is 1.14 bits per heavy atom. The number of methoxy groups -OCH3 is 2. The second-order valence-electron chi connectivity index (χ2n) is 7.55. The first kappa shape index (κ1) is 24.1. The Labute approximate surface area is 201 Å². The number of aryl methyl sites for hydroxylation is 1. The van der Waals surface area contributed by atoms with Crippen LogP contribution in [0, 0.1) is 12.7 Å². The largest absolute Gasteiger partial charge is 0.494 e. The molecule has 1 aromatic carbocycles. The molecule has 0 bridgehead atoms. The Morgan fingerprint density at radius 2 is 1.86 bits per heavy atom. The molecule has 0 spiro atoms. The van der Waals surface area contributed by atoms with Crippen LogP contribution >= 0.6 is 0 Å². The molecular formula is C22H23FN6O5S. The average molecular weight is 503 g/mol. The molecule has 0 aliphatic rings. The van der Waals surface area contributed by atoms with Crippen LogP contribution < -0.4 is 14.2 Å². The van der Waals surface area contributed by atoms with E-state index in [1.54, 1.807) is 30.3 Å². The predicted molar refractivity (Wildman–Crippen MR) is 125 cm³/mol.